The Bertz CT molecular complexity index is 1820. The number of fused-ring (bicyclic) bond motifs is 2. The van der Waals surface area contributed by atoms with E-state index >= 15 is 4.39 Å². The fourth-order valence-corrected chi connectivity index (χ4v) is 5.47. The van der Waals surface area contributed by atoms with Gasteiger partial charge in [-0.3, -0.25) is 20.0 Å². The molecule has 1 aliphatic heterocycles. The summed E-state index contributed by atoms with van der Waals surface area (Å²) in [4.78, 5) is 19.2. The number of aromatic nitrogens is 6. The number of nitrogens with one attached hydrogen (secondary N) is 2. The molecule has 0 radical (unpaired) electrons. The van der Waals surface area contributed by atoms with E-state index in [0.717, 1.165) is 25.2 Å². The number of rotatable bonds is 5. The number of para-hydroxylation sites is 1. The summed E-state index contributed by atoms with van der Waals surface area (Å²) in [6, 6.07) is 14.0. The Morgan fingerprint density at radius 2 is 1.69 bits per heavy atom. The predicted octanol–water partition coefficient (Wildman–Crippen LogP) is 6.49. The summed E-state index contributed by atoms with van der Waals surface area (Å²) in [6.07, 6.45) is 8.72. The third-order valence-electron chi connectivity index (χ3n) is 7.37. The molecular formula is C30H25F2N7. The van der Waals surface area contributed by atoms with Crippen molar-refractivity contribution >= 4 is 21.9 Å². The molecule has 0 spiro atoms. The van der Waals surface area contributed by atoms with Crippen LogP contribution in [0.4, 0.5) is 8.78 Å². The summed E-state index contributed by atoms with van der Waals surface area (Å²) in [5.41, 5.74) is 5.02. The average molecular weight is 522 g/mol. The predicted molar refractivity (Wildman–Crippen MR) is 147 cm³/mol. The van der Waals surface area contributed by atoms with E-state index in [2.05, 4.69) is 30.0 Å². The largest absolute Gasteiger partial charge is 0.337 e. The Morgan fingerprint density at radius 3 is 2.56 bits per heavy atom. The van der Waals surface area contributed by atoms with Crippen molar-refractivity contribution in [3.63, 3.8) is 0 Å². The van der Waals surface area contributed by atoms with Gasteiger partial charge in [0.15, 0.2) is 11.6 Å². The number of benzene rings is 2. The zero-order valence-corrected chi connectivity index (χ0v) is 21.1. The lowest BCUT2D eigenvalue weighted by molar-refractivity contribution is 0.220. The van der Waals surface area contributed by atoms with Crippen LogP contribution in [0.25, 0.3) is 55.8 Å². The number of hydrogen-bond donors (Lipinski definition) is 2. The maximum absolute atomic E-state index is 16.1. The van der Waals surface area contributed by atoms with Crippen molar-refractivity contribution in [3.8, 4) is 33.9 Å². The lowest BCUT2D eigenvalue weighted by Gasteiger charge is -2.26. The minimum atomic E-state index is -0.497. The van der Waals surface area contributed by atoms with Crippen molar-refractivity contribution < 1.29 is 8.78 Å². The molecule has 7 rings (SSSR count). The van der Waals surface area contributed by atoms with Gasteiger partial charge in [0.2, 0.25) is 0 Å². The Labute approximate surface area is 223 Å². The molecule has 0 bridgehead atoms. The molecule has 0 amide bonds. The van der Waals surface area contributed by atoms with Crippen LogP contribution < -0.4 is 0 Å². The van der Waals surface area contributed by atoms with Gasteiger partial charge in [-0.1, -0.05) is 36.8 Å². The highest BCUT2D eigenvalue weighted by Crippen LogP contribution is 2.35. The first kappa shape index (κ1) is 23.6. The molecule has 9 heteroatoms. The molecule has 1 saturated heterocycles. The first-order valence-electron chi connectivity index (χ1n) is 13.1. The Kier molecular flexibility index (Phi) is 5.85. The van der Waals surface area contributed by atoms with E-state index in [1.54, 1.807) is 30.6 Å². The number of imidazole rings is 1. The molecule has 5 heterocycles. The summed E-state index contributed by atoms with van der Waals surface area (Å²) >= 11 is 0. The molecular weight excluding hydrogens is 496 g/mol. The van der Waals surface area contributed by atoms with Crippen LogP contribution in [0.3, 0.4) is 0 Å². The minimum absolute atomic E-state index is 0.210. The SMILES string of the molecule is Fc1ccccc1-c1cccc2[nH]c(-c3n[nH]c4cnc(-c5cncc(CN6CCCCC6)c5)c(F)c34)nc12. The number of piperidine rings is 1. The normalized spacial score (nSPS) is 14.4. The van der Waals surface area contributed by atoms with Gasteiger partial charge in [0.05, 0.1) is 28.1 Å². The number of nitrogens with zero attached hydrogens (tertiary/aromatic N) is 5. The lowest BCUT2D eigenvalue weighted by atomic mass is 10.0. The van der Waals surface area contributed by atoms with Crippen molar-refractivity contribution in [2.45, 2.75) is 25.8 Å². The van der Waals surface area contributed by atoms with Gasteiger partial charge < -0.3 is 4.98 Å². The zero-order chi connectivity index (χ0) is 26.3. The maximum atomic E-state index is 16.1. The lowest BCUT2D eigenvalue weighted by Crippen LogP contribution is -2.29. The molecule has 39 heavy (non-hydrogen) atoms. The second kappa shape index (κ2) is 9.67. The fraction of sp³-hybridized carbons (Fsp3) is 0.200. The van der Waals surface area contributed by atoms with Crippen molar-refractivity contribution in [2.75, 3.05) is 13.1 Å². The Hall–Kier alpha value is -4.50. The first-order valence-corrected chi connectivity index (χ1v) is 13.1. The molecule has 4 aromatic heterocycles. The molecule has 1 aliphatic rings. The highest BCUT2D eigenvalue weighted by molar-refractivity contribution is 5.98. The van der Waals surface area contributed by atoms with Crippen molar-refractivity contribution in [2.24, 2.45) is 0 Å². The van der Waals surface area contributed by atoms with Gasteiger partial charge in [0, 0.05) is 35.6 Å². The van der Waals surface area contributed by atoms with E-state index in [9.17, 15) is 4.39 Å². The number of H-pyrrole nitrogens is 2. The number of hydrogen-bond acceptors (Lipinski definition) is 5. The molecule has 7 nitrogen and oxygen atoms in total. The van der Waals surface area contributed by atoms with Crippen molar-refractivity contribution in [1.29, 1.82) is 0 Å². The van der Waals surface area contributed by atoms with Gasteiger partial charge in [0.25, 0.3) is 0 Å². The highest BCUT2D eigenvalue weighted by Gasteiger charge is 2.22. The van der Waals surface area contributed by atoms with Crippen LogP contribution in [0, 0.1) is 11.6 Å². The van der Waals surface area contributed by atoms with Gasteiger partial charge in [-0.15, -0.1) is 0 Å². The monoisotopic (exact) mass is 521 g/mol. The highest BCUT2D eigenvalue weighted by atomic mass is 19.1. The topological polar surface area (TPSA) is 86.4 Å². The van der Waals surface area contributed by atoms with E-state index in [-0.39, 0.29) is 16.9 Å². The van der Waals surface area contributed by atoms with Crippen LogP contribution in [-0.4, -0.2) is 48.1 Å². The second-order valence-electron chi connectivity index (χ2n) is 9.97. The number of likely N-dealkylation sites (tertiary alicyclic amines) is 1. The van der Waals surface area contributed by atoms with Crippen LogP contribution in [0.1, 0.15) is 24.8 Å². The quantitative estimate of drug-likeness (QED) is 0.271. The third kappa shape index (κ3) is 4.24. The van der Waals surface area contributed by atoms with Gasteiger partial charge in [0.1, 0.15) is 17.2 Å². The molecule has 0 aliphatic carbocycles. The van der Waals surface area contributed by atoms with E-state index in [1.165, 1.54) is 25.3 Å². The van der Waals surface area contributed by atoms with Crippen LogP contribution >= 0.6 is 0 Å². The minimum Gasteiger partial charge on any atom is -0.337 e. The molecule has 0 unspecified atom stereocenters. The smallest absolute Gasteiger partial charge is 0.161 e. The van der Waals surface area contributed by atoms with Crippen molar-refractivity contribution in [3.05, 3.63) is 84.3 Å². The molecule has 0 atom stereocenters. The standard InChI is InChI=1S/C30H25F2N7/c31-22-9-3-2-7-20(22)21-8-6-10-23-28(21)36-30(35-23)29-25-24(37-38-29)16-34-27(26(25)32)19-13-18(14-33-15-19)17-39-11-4-1-5-12-39/h2-3,6-10,13-16H,1,4-5,11-12,17H2,(H,35,36)(H,37,38). The number of aromatic amines is 2. The third-order valence-corrected chi connectivity index (χ3v) is 7.37. The second-order valence-corrected chi connectivity index (χ2v) is 9.97. The molecule has 2 aromatic carbocycles. The molecule has 2 N–H and O–H groups in total. The molecule has 0 saturated carbocycles. The zero-order valence-electron chi connectivity index (χ0n) is 21.1. The summed E-state index contributed by atoms with van der Waals surface area (Å²) in [7, 11) is 0. The maximum Gasteiger partial charge on any atom is 0.161 e. The summed E-state index contributed by atoms with van der Waals surface area (Å²) in [5.74, 6) is -0.450. The summed E-state index contributed by atoms with van der Waals surface area (Å²) < 4.78 is 30.7. The Balaban J connectivity index is 1.30. The van der Waals surface area contributed by atoms with Crippen molar-refractivity contribution in [1.82, 2.24) is 35.0 Å². The molecule has 194 valence electrons. The van der Waals surface area contributed by atoms with Crippen LogP contribution in [-0.2, 0) is 6.54 Å². The van der Waals surface area contributed by atoms with Gasteiger partial charge in [-0.2, -0.15) is 5.10 Å². The van der Waals surface area contributed by atoms with E-state index < -0.39 is 5.82 Å². The molecule has 6 aromatic rings. The Morgan fingerprint density at radius 1 is 0.846 bits per heavy atom. The fourth-order valence-electron chi connectivity index (χ4n) is 5.47. The van der Waals surface area contributed by atoms with Crippen LogP contribution in [0.15, 0.2) is 67.1 Å². The van der Waals surface area contributed by atoms with E-state index in [0.29, 0.717) is 44.8 Å². The van der Waals surface area contributed by atoms with Gasteiger partial charge in [-0.25, -0.2) is 13.8 Å². The summed E-state index contributed by atoms with van der Waals surface area (Å²) in [6.45, 7) is 2.92. The summed E-state index contributed by atoms with van der Waals surface area (Å²) in [5, 5.41) is 7.54. The first-order chi connectivity index (χ1) is 19.2. The number of halogens is 2. The van der Waals surface area contributed by atoms with E-state index in [4.69, 9.17) is 4.98 Å². The molecule has 1 fully saturated rings. The average Bonchev–Trinajstić information content (AvgIpc) is 3.59. The van der Waals surface area contributed by atoms with Crippen LogP contribution in [0.2, 0.25) is 0 Å². The van der Waals surface area contributed by atoms with E-state index in [1.807, 2.05) is 30.5 Å². The number of pyridine rings is 2. The van der Waals surface area contributed by atoms with Gasteiger partial charge >= 0.3 is 0 Å². The van der Waals surface area contributed by atoms with Gasteiger partial charge in [-0.05, 0) is 49.7 Å². The van der Waals surface area contributed by atoms with Crippen LogP contribution in [0.5, 0.6) is 0 Å².